The van der Waals surface area contributed by atoms with Crippen LogP contribution in [-0.4, -0.2) is 29.4 Å². The predicted octanol–water partition coefficient (Wildman–Crippen LogP) is 1.70. The molecular formula is C10H11N3O3S. The Morgan fingerprint density at radius 1 is 1.53 bits per heavy atom. The first-order valence-corrected chi connectivity index (χ1v) is 6.07. The third kappa shape index (κ3) is 1.72. The fourth-order valence-electron chi connectivity index (χ4n) is 1.66. The van der Waals surface area contributed by atoms with Gasteiger partial charge in [0.05, 0.1) is 10.5 Å². The average molecular weight is 253 g/mol. The van der Waals surface area contributed by atoms with E-state index >= 15 is 0 Å². The number of azo groups is 1. The number of hydrogen-bond donors (Lipinski definition) is 3. The van der Waals surface area contributed by atoms with E-state index in [1.165, 1.54) is 24.9 Å². The maximum atomic E-state index is 11.6. The van der Waals surface area contributed by atoms with Crippen LogP contribution in [0.15, 0.2) is 21.2 Å². The van der Waals surface area contributed by atoms with E-state index in [4.69, 9.17) is 0 Å². The molecule has 1 unspecified atom stereocenters. The molecule has 1 aliphatic heterocycles. The highest BCUT2D eigenvalue weighted by molar-refractivity contribution is 7.98. The van der Waals surface area contributed by atoms with Crippen LogP contribution in [0, 0.1) is 0 Å². The van der Waals surface area contributed by atoms with Crippen LogP contribution in [0.2, 0.25) is 0 Å². The zero-order valence-corrected chi connectivity index (χ0v) is 10.1. The highest BCUT2D eigenvalue weighted by Gasteiger charge is 2.33. The van der Waals surface area contributed by atoms with Crippen molar-refractivity contribution in [2.75, 3.05) is 13.3 Å². The lowest BCUT2D eigenvalue weighted by Crippen LogP contribution is -2.23. The summed E-state index contributed by atoms with van der Waals surface area (Å²) in [5.41, 5.74) is 0.419. The summed E-state index contributed by atoms with van der Waals surface area (Å²) in [6, 6.07) is 0.511. The van der Waals surface area contributed by atoms with Crippen LogP contribution in [0.1, 0.15) is 11.6 Å². The molecule has 90 valence electrons. The standard InChI is InChI=1S/C10H11N3O3S/c1-11-10(16)8-6-7(12-13-8)4(14)3-5(17-2)9(6)15/h3,8,14-15H,1-2H3,(H,11,16). The normalized spacial score (nSPS) is 16.9. The third-order valence-electron chi connectivity index (χ3n) is 2.52. The Kier molecular flexibility index (Phi) is 2.93. The number of carbonyl (C=O) groups is 1. The second kappa shape index (κ2) is 4.25. The molecule has 1 aromatic carbocycles. The Bertz CT molecular complexity index is 516. The van der Waals surface area contributed by atoms with E-state index < -0.39 is 6.04 Å². The Hall–Kier alpha value is -1.76. The van der Waals surface area contributed by atoms with Gasteiger partial charge in [-0.15, -0.1) is 11.8 Å². The van der Waals surface area contributed by atoms with Crippen molar-refractivity contribution < 1.29 is 15.0 Å². The highest BCUT2D eigenvalue weighted by atomic mass is 32.2. The van der Waals surface area contributed by atoms with Crippen molar-refractivity contribution in [3.8, 4) is 11.5 Å². The number of thioether (sulfide) groups is 1. The van der Waals surface area contributed by atoms with Crippen molar-refractivity contribution in [3.05, 3.63) is 11.6 Å². The summed E-state index contributed by atoms with van der Waals surface area (Å²) >= 11 is 1.27. The summed E-state index contributed by atoms with van der Waals surface area (Å²) in [6.45, 7) is 0. The largest absolute Gasteiger partial charge is 0.506 e. The number of aromatic hydroxyl groups is 2. The van der Waals surface area contributed by atoms with Gasteiger partial charge in [-0.2, -0.15) is 10.2 Å². The number of phenolic OH excluding ortho intramolecular Hbond substituents is 2. The van der Waals surface area contributed by atoms with Gasteiger partial charge in [-0.1, -0.05) is 0 Å². The van der Waals surface area contributed by atoms with Crippen LogP contribution in [0.5, 0.6) is 11.5 Å². The van der Waals surface area contributed by atoms with E-state index in [0.717, 1.165) is 0 Å². The number of carbonyl (C=O) groups excluding carboxylic acids is 1. The monoisotopic (exact) mass is 253 g/mol. The molecule has 2 rings (SSSR count). The van der Waals surface area contributed by atoms with Crippen molar-refractivity contribution >= 4 is 23.4 Å². The molecule has 1 atom stereocenters. The molecule has 0 bridgehead atoms. The fourth-order valence-corrected chi connectivity index (χ4v) is 2.19. The molecule has 0 fully saturated rings. The van der Waals surface area contributed by atoms with E-state index in [0.29, 0.717) is 4.90 Å². The topological polar surface area (TPSA) is 94.3 Å². The van der Waals surface area contributed by atoms with Gasteiger partial charge >= 0.3 is 0 Å². The molecule has 0 radical (unpaired) electrons. The quantitative estimate of drug-likeness (QED) is 0.552. The first-order chi connectivity index (χ1) is 8.10. The SMILES string of the molecule is CNC(=O)C1N=Nc2c(O)cc(SC)c(O)c21. The van der Waals surface area contributed by atoms with E-state index in [9.17, 15) is 15.0 Å². The van der Waals surface area contributed by atoms with Gasteiger partial charge in [-0.3, -0.25) is 4.79 Å². The molecule has 17 heavy (non-hydrogen) atoms. The van der Waals surface area contributed by atoms with E-state index in [1.54, 1.807) is 6.26 Å². The van der Waals surface area contributed by atoms with E-state index in [1.807, 2.05) is 0 Å². The molecule has 1 aliphatic rings. The van der Waals surface area contributed by atoms with Gasteiger partial charge in [0.15, 0.2) is 6.04 Å². The van der Waals surface area contributed by atoms with Crippen LogP contribution in [-0.2, 0) is 4.79 Å². The number of likely N-dealkylation sites (N-methyl/N-ethyl adjacent to an activating group) is 1. The molecular weight excluding hydrogens is 242 g/mol. The van der Waals surface area contributed by atoms with E-state index in [2.05, 4.69) is 15.5 Å². The van der Waals surface area contributed by atoms with Crippen molar-refractivity contribution in [1.82, 2.24) is 5.32 Å². The first kappa shape index (κ1) is 11.7. The summed E-state index contributed by atoms with van der Waals surface area (Å²) in [4.78, 5) is 12.1. The zero-order chi connectivity index (χ0) is 12.6. The fraction of sp³-hybridized carbons (Fsp3) is 0.300. The summed E-state index contributed by atoms with van der Waals surface area (Å²) in [6.07, 6.45) is 1.76. The summed E-state index contributed by atoms with van der Waals surface area (Å²) in [7, 11) is 1.48. The van der Waals surface area contributed by atoms with Gasteiger partial charge in [0.25, 0.3) is 5.91 Å². The lowest BCUT2D eigenvalue weighted by atomic mass is 10.0. The Labute approximate surface area is 102 Å². The van der Waals surface area contributed by atoms with Crippen LogP contribution < -0.4 is 5.32 Å². The van der Waals surface area contributed by atoms with Crippen LogP contribution in [0.3, 0.4) is 0 Å². The smallest absolute Gasteiger partial charge is 0.251 e. The minimum absolute atomic E-state index is 0.0519. The summed E-state index contributed by atoms with van der Waals surface area (Å²) in [5, 5.41) is 29.7. The molecule has 1 amide bonds. The molecule has 0 aromatic heterocycles. The number of fused-ring (bicyclic) bond motifs is 1. The predicted molar refractivity (Wildman–Crippen MR) is 62.9 cm³/mol. The van der Waals surface area contributed by atoms with Gasteiger partial charge < -0.3 is 15.5 Å². The number of benzene rings is 1. The average Bonchev–Trinajstić information content (AvgIpc) is 2.78. The van der Waals surface area contributed by atoms with Gasteiger partial charge in [0.2, 0.25) is 0 Å². The number of rotatable bonds is 2. The number of hydrogen-bond acceptors (Lipinski definition) is 6. The van der Waals surface area contributed by atoms with Crippen LogP contribution in [0.25, 0.3) is 0 Å². The molecule has 0 saturated heterocycles. The summed E-state index contributed by atoms with van der Waals surface area (Å²) < 4.78 is 0. The molecule has 3 N–H and O–H groups in total. The lowest BCUT2D eigenvalue weighted by Gasteiger charge is -2.11. The number of nitrogens with one attached hydrogen (secondary N) is 1. The number of phenols is 2. The molecule has 1 aromatic rings. The van der Waals surface area contributed by atoms with Gasteiger partial charge in [-0.05, 0) is 12.3 Å². The first-order valence-electron chi connectivity index (χ1n) is 4.85. The second-order valence-corrected chi connectivity index (χ2v) is 4.29. The van der Waals surface area contributed by atoms with Crippen molar-refractivity contribution in [1.29, 1.82) is 0 Å². The molecule has 0 aliphatic carbocycles. The number of nitrogens with zero attached hydrogens (tertiary/aromatic N) is 2. The number of amides is 1. The van der Waals surface area contributed by atoms with Crippen molar-refractivity contribution in [3.63, 3.8) is 0 Å². The van der Waals surface area contributed by atoms with Gasteiger partial charge in [0, 0.05) is 7.05 Å². The highest BCUT2D eigenvalue weighted by Crippen LogP contribution is 2.50. The van der Waals surface area contributed by atoms with Gasteiger partial charge in [-0.25, -0.2) is 0 Å². The van der Waals surface area contributed by atoms with Crippen LogP contribution in [0.4, 0.5) is 5.69 Å². The molecule has 1 heterocycles. The van der Waals surface area contributed by atoms with Crippen LogP contribution >= 0.6 is 11.8 Å². The molecule has 6 nitrogen and oxygen atoms in total. The Balaban J connectivity index is 2.60. The Morgan fingerprint density at radius 2 is 2.24 bits per heavy atom. The molecule has 0 saturated carbocycles. The maximum absolute atomic E-state index is 11.6. The van der Waals surface area contributed by atoms with Crippen molar-refractivity contribution in [2.45, 2.75) is 10.9 Å². The lowest BCUT2D eigenvalue weighted by molar-refractivity contribution is -0.121. The maximum Gasteiger partial charge on any atom is 0.251 e. The second-order valence-electron chi connectivity index (χ2n) is 3.44. The van der Waals surface area contributed by atoms with E-state index in [-0.39, 0.29) is 28.7 Å². The third-order valence-corrected chi connectivity index (χ3v) is 3.27. The summed E-state index contributed by atoms with van der Waals surface area (Å²) in [5.74, 6) is -0.512. The van der Waals surface area contributed by atoms with Gasteiger partial charge in [0.1, 0.15) is 17.2 Å². The van der Waals surface area contributed by atoms with Crippen molar-refractivity contribution in [2.24, 2.45) is 10.2 Å². The molecule has 7 heteroatoms. The zero-order valence-electron chi connectivity index (χ0n) is 9.26. The minimum Gasteiger partial charge on any atom is -0.506 e. The molecule has 0 spiro atoms. The minimum atomic E-state index is -0.895. The Morgan fingerprint density at radius 3 is 2.82 bits per heavy atom.